The lowest BCUT2D eigenvalue weighted by Gasteiger charge is -2.31. The molecule has 0 spiro atoms. The van der Waals surface area contributed by atoms with Crippen molar-refractivity contribution in [1.82, 2.24) is 4.90 Å². The summed E-state index contributed by atoms with van der Waals surface area (Å²) in [5.74, 6) is -0.861. The molecule has 1 N–H and O–H groups in total. The second-order valence-electron chi connectivity index (χ2n) is 6.59. The predicted octanol–water partition coefficient (Wildman–Crippen LogP) is 2.23. The Morgan fingerprint density at radius 3 is 2.55 bits per heavy atom. The van der Waals surface area contributed by atoms with E-state index in [-0.39, 0.29) is 24.2 Å². The average molecular weight is 283 g/mol. The summed E-state index contributed by atoms with van der Waals surface area (Å²) in [6, 6.07) is -0.671. The topological polar surface area (TPSA) is 57.6 Å². The first-order chi connectivity index (χ1) is 9.58. The molecule has 2 aliphatic carbocycles. The molecule has 0 bridgehead atoms. The van der Waals surface area contributed by atoms with Gasteiger partial charge in [-0.2, -0.15) is 0 Å². The van der Waals surface area contributed by atoms with Crippen LogP contribution in [0.4, 0.5) is 4.39 Å². The molecule has 0 aromatic carbocycles. The lowest BCUT2D eigenvalue weighted by molar-refractivity contribution is -0.152. The van der Waals surface area contributed by atoms with Gasteiger partial charge >= 0.3 is 5.97 Å². The monoisotopic (exact) mass is 283 g/mol. The maximum absolute atomic E-state index is 13.5. The number of rotatable bonds is 2. The molecule has 4 nitrogen and oxygen atoms in total. The first kappa shape index (κ1) is 13.8. The number of alkyl halides is 1. The molecular formula is C15H22FNO3. The van der Waals surface area contributed by atoms with E-state index in [2.05, 4.69) is 0 Å². The molecular weight excluding hydrogens is 261 g/mol. The van der Waals surface area contributed by atoms with Crippen LogP contribution in [0.2, 0.25) is 0 Å². The molecule has 20 heavy (non-hydrogen) atoms. The highest BCUT2D eigenvalue weighted by Gasteiger charge is 2.50. The minimum atomic E-state index is -0.900. The largest absolute Gasteiger partial charge is 0.480 e. The van der Waals surface area contributed by atoms with Crippen LogP contribution in [0.25, 0.3) is 0 Å². The Morgan fingerprint density at radius 1 is 1.10 bits per heavy atom. The van der Waals surface area contributed by atoms with Crippen LogP contribution in [-0.2, 0) is 9.59 Å². The van der Waals surface area contributed by atoms with Crippen molar-refractivity contribution in [2.75, 3.05) is 6.54 Å². The van der Waals surface area contributed by atoms with E-state index in [1.54, 1.807) is 4.90 Å². The summed E-state index contributed by atoms with van der Waals surface area (Å²) in [5, 5.41) is 9.46. The fourth-order valence-electron chi connectivity index (χ4n) is 4.44. The van der Waals surface area contributed by atoms with Crippen molar-refractivity contribution in [3.05, 3.63) is 0 Å². The van der Waals surface area contributed by atoms with Gasteiger partial charge in [0.15, 0.2) is 0 Å². The number of hydrogen-bond donors (Lipinski definition) is 1. The van der Waals surface area contributed by atoms with Crippen LogP contribution in [-0.4, -0.2) is 40.6 Å². The lowest BCUT2D eigenvalue weighted by atomic mass is 9.86. The van der Waals surface area contributed by atoms with Crippen molar-refractivity contribution >= 4 is 11.9 Å². The average Bonchev–Trinajstić information content (AvgIpc) is 2.96. The number of carbonyl (C=O) groups excluding carboxylic acids is 1. The lowest BCUT2D eigenvalue weighted by Crippen LogP contribution is -2.46. The van der Waals surface area contributed by atoms with E-state index in [4.69, 9.17) is 0 Å². The molecule has 0 radical (unpaired) electrons. The zero-order chi connectivity index (χ0) is 14.3. The zero-order valence-corrected chi connectivity index (χ0v) is 11.6. The van der Waals surface area contributed by atoms with Gasteiger partial charge in [0.25, 0.3) is 0 Å². The van der Waals surface area contributed by atoms with Crippen LogP contribution in [0.1, 0.15) is 44.9 Å². The third kappa shape index (κ3) is 2.31. The van der Waals surface area contributed by atoms with Gasteiger partial charge in [0.2, 0.25) is 5.91 Å². The molecule has 1 aliphatic heterocycles. The summed E-state index contributed by atoms with van der Waals surface area (Å²) in [6.45, 7) is 0.563. The number of hydrogen-bond acceptors (Lipinski definition) is 2. The number of carboxylic acid groups (broad SMARTS) is 1. The minimum absolute atomic E-state index is 0.112. The molecule has 1 saturated heterocycles. The van der Waals surface area contributed by atoms with E-state index in [0.29, 0.717) is 25.3 Å². The van der Waals surface area contributed by atoms with E-state index < -0.39 is 18.2 Å². The molecule has 5 heteroatoms. The number of carboxylic acids is 1. The summed E-state index contributed by atoms with van der Waals surface area (Å²) in [7, 11) is 0. The number of halogens is 1. The first-order valence-electron chi connectivity index (χ1n) is 7.75. The van der Waals surface area contributed by atoms with E-state index in [1.807, 2.05) is 0 Å². The van der Waals surface area contributed by atoms with Gasteiger partial charge in [-0.3, -0.25) is 4.79 Å². The maximum Gasteiger partial charge on any atom is 0.326 e. The van der Waals surface area contributed by atoms with Crippen molar-refractivity contribution in [1.29, 1.82) is 0 Å². The second kappa shape index (κ2) is 5.34. The normalized spacial score (nSPS) is 40.6. The highest BCUT2D eigenvalue weighted by Crippen LogP contribution is 2.43. The van der Waals surface area contributed by atoms with Gasteiger partial charge in [-0.1, -0.05) is 6.42 Å². The van der Waals surface area contributed by atoms with Gasteiger partial charge in [-0.25, -0.2) is 9.18 Å². The van der Waals surface area contributed by atoms with E-state index >= 15 is 0 Å². The molecule has 1 amide bonds. The summed E-state index contributed by atoms with van der Waals surface area (Å²) in [6.07, 6.45) is 4.35. The molecule has 3 fully saturated rings. The van der Waals surface area contributed by atoms with Crippen LogP contribution >= 0.6 is 0 Å². The molecule has 0 aromatic rings. The van der Waals surface area contributed by atoms with Crippen molar-refractivity contribution in [2.45, 2.75) is 57.2 Å². The van der Waals surface area contributed by atoms with Crippen molar-refractivity contribution in [2.24, 2.45) is 17.8 Å². The third-order valence-corrected chi connectivity index (χ3v) is 5.39. The minimum Gasteiger partial charge on any atom is -0.480 e. The van der Waals surface area contributed by atoms with Crippen LogP contribution in [0.3, 0.4) is 0 Å². The van der Waals surface area contributed by atoms with E-state index in [9.17, 15) is 19.1 Å². The molecule has 112 valence electrons. The van der Waals surface area contributed by atoms with E-state index in [0.717, 1.165) is 25.7 Å². The number of fused-ring (bicyclic) bond motifs is 1. The van der Waals surface area contributed by atoms with Crippen LogP contribution in [0.15, 0.2) is 0 Å². The number of likely N-dealkylation sites (tertiary alicyclic amines) is 1. The van der Waals surface area contributed by atoms with Gasteiger partial charge in [0.1, 0.15) is 12.2 Å². The summed E-state index contributed by atoms with van der Waals surface area (Å²) in [4.78, 5) is 25.7. The molecule has 3 rings (SSSR count). The third-order valence-electron chi connectivity index (χ3n) is 5.39. The Balaban J connectivity index is 1.74. The maximum atomic E-state index is 13.5. The Labute approximate surface area is 118 Å². The van der Waals surface area contributed by atoms with Crippen LogP contribution in [0.5, 0.6) is 0 Å². The first-order valence-corrected chi connectivity index (χ1v) is 7.75. The van der Waals surface area contributed by atoms with Gasteiger partial charge in [-0.05, 0) is 50.4 Å². The highest BCUT2D eigenvalue weighted by molar-refractivity contribution is 5.86. The Kier molecular flexibility index (Phi) is 3.69. The molecule has 5 atom stereocenters. The van der Waals surface area contributed by atoms with Gasteiger partial charge in [0.05, 0.1) is 0 Å². The molecule has 2 saturated carbocycles. The van der Waals surface area contributed by atoms with Gasteiger partial charge in [0, 0.05) is 12.5 Å². The predicted molar refractivity (Wildman–Crippen MR) is 70.8 cm³/mol. The van der Waals surface area contributed by atoms with Crippen LogP contribution < -0.4 is 0 Å². The standard InChI is InChI=1S/C15H22FNO3/c16-11-5-1-3-9(7-11)14(18)17-8-10-4-2-6-12(10)13(17)15(19)20/h9-13H,1-8H2,(H,19,20)/t9-,10-,11+,12-,13+/m1/s1. The van der Waals surface area contributed by atoms with E-state index in [1.165, 1.54) is 0 Å². The van der Waals surface area contributed by atoms with Crippen molar-refractivity contribution in [3.63, 3.8) is 0 Å². The zero-order valence-electron chi connectivity index (χ0n) is 11.6. The fraction of sp³-hybridized carbons (Fsp3) is 0.867. The number of carbonyl (C=O) groups is 2. The molecule has 0 unspecified atom stereocenters. The summed E-state index contributed by atoms with van der Waals surface area (Å²) < 4.78 is 13.5. The van der Waals surface area contributed by atoms with Crippen LogP contribution in [0, 0.1) is 17.8 Å². The molecule has 1 heterocycles. The Morgan fingerprint density at radius 2 is 1.85 bits per heavy atom. The second-order valence-corrected chi connectivity index (χ2v) is 6.59. The van der Waals surface area contributed by atoms with Crippen molar-refractivity contribution < 1.29 is 19.1 Å². The Hall–Kier alpha value is -1.13. The Bertz CT molecular complexity index is 414. The van der Waals surface area contributed by atoms with Gasteiger partial charge in [-0.15, -0.1) is 0 Å². The smallest absolute Gasteiger partial charge is 0.326 e. The summed E-state index contributed by atoms with van der Waals surface area (Å²) in [5.41, 5.74) is 0. The number of nitrogens with zero attached hydrogens (tertiary/aromatic N) is 1. The summed E-state index contributed by atoms with van der Waals surface area (Å²) >= 11 is 0. The fourth-order valence-corrected chi connectivity index (χ4v) is 4.44. The quantitative estimate of drug-likeness (QED) is 0.845. The molecule has 0 aromatic heterocycles. The number of aliphatic carboxylic acids is 1. The molecule has 3 aliphatic rings. The number of amides is 1. The highest BCUT2D eigenvalue weighted by atomic mass is 19.1. The van der Waals surface area contributed by atoms with Crippen molar-refractivity contribution in [3.8, 4) is 0 Å². The van der Waals surface area contributed by atoms with Gasteiger partial charge < -0.3 is 10.0 Å². The SMILES string of the molecule is O=C(O)[C@@H]1[C@@H]2CCC[C@@H]2CN1C(=O)[C@@H]1CCC[C@H](F)C1.